The topological polar surface area (TPSA) is 75.7 Å². The lowest BCUT2D eigenvalue weighted by Gasteiger charge is -2.17. The van der Waals surface area contributed by atoms with E-state index in [1.165, 1.54) is 23.1 Å². The summed E-state index contributed by atoms with van der Waals surface area (Å²) in [6.45, 7) is 3.73. The number of benzene rings is 2. The van der Waals surface area contributed by atoms with Crippen LogP contribution in [0.3, 0.4) is 0 Å². The van der Waals surface area contributed by atoms with Gasteiger partial charge in [-0.2, -0.15) is 0 Å². The van der Waals surface area contributed by atoms with E-state index < -0.39 is 30.2 Å². The number of amides is 2. The number of carbonyl (C=O) groups excluding carboxylic acids is 3. The molecule has 0 radical (unpaired) electrons. The third-order valence-corrected chi connectivity index (χ3v) is 4.81. The first-order valence-corrected chi connectivity index (χ1v) is 9.46. The Morgan fingerprint density at radius 3 is 2.52 bits per heavy atom. The molecule has 2 aromatic rings. The van der Waals surface area contributed by atoms with Crippen molar-refractivity contribution in [3.63, 3.8) is 0 Å². The maximum Gasteiger partial charge on any atom is 0.311 e. The molecule has 1 aliphatic heterocycles. The highest BCUT2D eigenvalue weighted by Gasteiger charge is 2.37. The Bertz CT molecular complexity index is 911. The predicted molar refractivity (Wildman–Crippen MR) is 107 cm³/mol. The molecule has 29 heavy (non-hydrogen) atoms. The molecule has 6 nitrogen and oxygen atoms in total. The lowest BCUT2D eigenvalue weighted by atomic mass is 10.0. The molecule has 2 amide bonds. The van der Waals surface area contributed by atoms with Gasteiger partial charge in [-0.3, -0.25) is 14.4 Å². The van der Waals surface area contributed by atoms with Crippen LogP contribution in [-0.2, 0) is 19.1 Å². The second kappa shape index (κ2) is 8.86. The first kappa shape index (κ1) is 20.5. The molecule has 1 fully saturated rings. The summed E-state index contributed by atoms with van der Waals surface area (Å²) >= 11 is 0. The van der Waals surface area contributed by atoms with E-state index in [2.05, 4.69) is 19.2 Å². The lowest BCUT2D eigenvalue weighted by molar-refractivity contribution is -0.151. The Kier molecular flexibility index (Phi) is 6.26. The molecule has 0 aliphatic carbocycles. The zero-order valence-corrected chi connectivity index (χ0v) is 16.4. The van der Waals surface area contributed by atoms with Gasteiger partial charge in [0, 0.05) is 18.7 Å². The van der Waals surface area contributed by atoms with Crippen LogP contribution in [-0.4, -0.2) is 30.9 Å². The van der Waals surface area contributed by atoms with Gasteiger partial charge < -0.3 is 15.0 Å². The number of carbonyl (C=O) groups is 3. The van der Waals surface area contributed by atoms with Gasteiger partial charge in [-0.05, 0) is 35.7 Å². The zero-order valence-electron chi connectivity index (χ0n) is 16.4. The summed E-state index contributed by atoms with van der Waals surface area (Å²) in [5.41, 5.74) is 1.90. The molecule has 1 atom stereocenters. The van der Waals surface area contributed by atoms with E-state index in [0.717, 1.165) is 5.56 Å². The molecule has 0 aromatic heterocycles. The van der Waals surface area contributed by atoms with E-state index in [-0.39, 0.29) is 24.6 Å². The summed E-state index contributed by atoms with van der Waals surface area (Å²) in [7, 11) is 0. The van der Waals surface area contributed by atoms with Gasteiger partial charge in [0.1, 0.15) is 5.82 Å². The summed E-state index contributed by atoms with van der Waals surface area (Å²) < 4.78 is 19.0. The molecule has 0 unspecified atom stereocenters. The molecule has 1 aliphatic rings. The Morgan fingerprint density at radius 1 is 1.17 bits per heavy atom. The minimum absolute atomic E-state index is 0.0247. The third kappa shape index (κ3) is 4.99. The molecule has 2 aromatic carbocycles. The summed E-state index contributed by atoms with van der Waals surface area (Å²) in [5, 5.41) is 2.66. The molecule has 1 saturated heterocycles. The summed E-state index contributed by atoms with van der Waals surface area (Å²) in [6, 6.07) is 13.3. The number of anilines is 2. The van der Waals surface area contributed by atoms with Crippen molar-refractivity contribution in [1.82, 2.24) is 0 Å². The van der Waals surface area contributed by atoms with Crippen molar-refractivity contribution in [3.8, 4) is 0 Å². The Hall–Kier alpha value is -3.22. The number of nitrogens with zero attached hydrogens (tertiary/aromatic N) is 1. The maximum atomic E-state index is 13.9. The molecular formula is C22H23FN2O4. The molecule has 0 spiro atoms. The van der Waals surface area contributed by atoms with Crippen molar-refractivity contribution in [2.45, 2.75) is 26.2 Å². The fourth-order valence-corrected chi connectivity index (χ4v) is 3.17. The van der Waals surface area contributed by atoms with Crippen molar-refractivity contribution >= 4 is 29.2 Å². The van der Waals surface area contributed by atoms with Crippen LogP contribution in [0, 0.1) is 11.7 Å². The van der Waals surface area contributed by atoms with Crippen molar-refractivity contribution in [3.05, 3.63) is 59.9 Å². The number of nitrogens with one attached hydrogen (secondary N) is 1. The van der Waals surface area contributed by atoms with E-state index in [1.54, 1.807) is 18.2 Å². The highest BCUT2D eigenvalue weighted by atomic mass is 19.1. The van der Waals surface area contributed by atoms with Gasteiger partial charge in [-0.15, -0.1) is 0 Å². The number of ether oxygens (including phenoxy) is 1. The van der Waals surface area contributed by atoms with Gasteiger partial charge >= 0.3 is 5.97 Å². The highest BCUT2D eigenvalue weighted by Crippen LogP contribution is 2.27. The molecule has 1 N–H and O–H groups in total. The zero-order chi connectivity index (χ0) is 21.0. The predicted octanol–water partition coefficient (Wildman–Crippen LogP) is 3.48. The number of hydrogen-bond acceptors (Lipinski definition) is 4. The summed E-state index contributed by atoms with van der Waals surface area (Å²) in [5.74, 6) is -2.35. The lowest BCUT2D eigenvalue weighted by Crippen LogP contribution is -2.28. The highest BCUT2D eigenvalue weighted by molar-refractivity contribution is 6.00. The Morgan fingerprint density at radius 2 is 1.86 bits per heavy atom. The van der Waals surface area contributed by atoms with E-state index in [9.17, 15) is 18.8 Å². The molecule has 1 heterocycles. The smallest absolute Gasteiger partial charge is 0.311 e. The van der Waals surface area contributed by atoms with Crippen LogP contribution in [0.15, 0.2) is 48.5 Å². The minimum Gasteiger partial charge on any atom is -0.455 e. The molecular weight excluding hydrogens is 375 g/mol. The number of hydrogen-bond donors (Lipinski definition) is 1. The molecule has 0 saturated carbocycles. The van der Waals surface area contributed by atoms with Crippen LogP contribution in [0.5, 0.6) is 0 Å². The second-order valence-corrected chi connectivity index (χ2v) is 7.29. The van der Waals surface area contributed by atoms with Gasteiger partial charge in [0.25, 0.3) is 5.91 Å². The standard InChI is InChI=1S/C22H23FN2O4/c1-14(2)15-7-9-17(10-8-15)24-20(26)13-29-22(28)16-11-21(27)25(12-16)19-6-4-3-5-18(19)23/h3-10,14,16H,11-13H2,1-2H3,(H,24,26)/t16-/m1/s1. The average molecular weight is 398 g/mol. The quantitative estimate of drug-likeness (QED) is 0.756. The van der Waals surface area contributed by atoms with E-state index in [0.29, 0.717) is 11.6 Å². The van der Waals surface area contributed by atoms with Crippen molar-refractivity contribution in [1.29, 1.82) is 0 Å². The molecule has 0 bridgehead atoms. The largest absolute Gasteiger partial charge is 0.455 e. The normalized spacial score (nSPS) is 16.2. The third-order valence-electron chi connectivity index (χ3n) is 4.81. The van der Waals surface area contributed by atoms with E-state index >= 15 is 0 Å². The van der Waals surface area contributed by atoms with Crippen LogP contribution in [0.4, 0.5) is 15.8 Å². The van der Waals surface area contributed by atoms with Crippen molar-refractivity contribution < 1.29 is 23.5 Å². The van der Waals surface area contributed by atoms with Gasteiger partial charge in [0.2, 0.25) is 5.91 Å². The van der Waals surface area contributed by atoms with E-state index in [4.69, 9.17) is 4.74 Å². The van der Waals surface area contributed by atoms with Crippen LogP contribution >= 0.6 is 0 Å². The fraction of sp³-hybridized carbons (Fsp3) is 0.318. The molecule has 3 rings (SSSR count). The Labute approximate surface area is 168 Å². The number of halogens is 1. The molecule has 7 heteroatoms. The number of rotatable bonds is 6. The SMILES string of the molecule is CC(C)c1ccc(NC(=O)COC(=O)[C@@H]2CC(=O)N(c3ccccc3F)C2)cc1. The van der Waals surface area contributed by atoms with Gasteiger partial charge in [-0.1, -0.05) is 38.1 Å². The summed E-state index contributed by atoms with van der Waals surface area (Å²) in [6.07, 6.45) is -0.0779. The second-order valence-electron chi connectivity index (χ2n) is 7.29. The maximum absolute atomic E-state index is 13.9. The first-order chi connectivity index (χ1) is 13.8. The Balaban J connectivity index is 1.51. The van der Waals surface area contributed by atoms with Gasteiger partial charge in [0.05, 0.1) is 11.6 Å². The first-order valence-electron chi connectivity index (χ1n) is 9.46. The average Bonchev–Trinajstić information content (AvgIpc) is 3.08. The fourth-order valence-electron chi connectivity index (χ4n) is 3.17. The van der Waals surface area contributed by atoms with Crippen molar-refractivity contribution in [2.75, 3.05) is 23.4 Å². The van der Waals surface area contributed by atoms with Gasteiger partial charge in [-0.25, -0.2) is 4.39 Å². The van der Waals surface area contributed by atoms with Crippen LogP contribution in [0.2, 0.25) is 0 Å². The van der Waals surface area contributed by atoms with E-state index in [1.807, 2.05) is 12.1 Å². The monoisotopic (exact) mass is 398 g/mol. The molecule has 152 valence electrons. The number of para-hydroxylation sites is 1. The van der Waals surface area contributed by atoms with Crippen LogP contribution in [0.1, 0.15) is 31.7 Å². The van der Waals surface area contributed by atoms with Gasteiger partial charge in [0.15, 0.2) is 6.61 Å². The number of esters is 1. The minimum atomic E-state index is -0.736. The summed E-state index contributed by atoms with van der Waals surface area (Å²) in [4.78, 5) is 37.7. The van der Waals surface area contributed by atoms with Crippen LogP contribution < -0.4 is 10.2 Å². The van der Waals surface area contributed by atoms with Crippen LogP contribution in [0.25, 0.3) is 0 Å². The van der Waals surface area contributed by atoms with Crippen molar-refractivity contribution in [2.24, 2.45) is 5.92 Å².